The maximum absolute atomic E-state index is 12.8. The molecule has 1 aromatic heterocycles. The molecule has 0 aliphatic carbocycles. The van der Waals surface area contributed by atoms with Crippen LogP contribution in [-0.4, -0.2) is 48.4 Å². The monoisotopic (exact) mass is 457 g/mol. The highest BCUT2D eigenvalue weighted by molar-refractivity contribution is 7.89. The molecule has 0 bridgehead atoms. The van der Waals surface area contributed by atoms with Gasteiger partial charge in [0.05, 0.1) is 15.9 Å². The van der Waals surface area contributed by atoms with Gasteiger partial charge in [-0.25, -0.2) is 22.5 Å². The molecule has 0 amide bonds. The highest BCUT2D eigenvalue weighted by Gasteiger charge is 2.31. The van der Waals surface area contributed by atoms with E-state index in [1.165, 1.54) is 14.1 Å². The predicted octanol–water partition coefficient (Wildman–Crippen LogP) is 3.55. The molecule has 2 atom stereocenters. The molecular formula is C23H27N3O5S. The quantitative estimate of drug-likeness (QED) is 0.526. The number of hydrogen-bond acceptors (Lipinski definition) is 6. The van der Waals surface area contributed by atoms with Gasteiger partial charge in [0.25, 0.3) is 0 Å². The number of fused-ring (bicyclic) bond motifs is 2. The second-order valence-corrected chi connectivity index (χ2v) is 10.3. The van der Waals surface area contributed by atoms with E-state index in [1.807, 2.05) is 30.5 Å². The molecule has 3 aromatic rings. The number of hydrogen-bond donors (Lipinski definition) is 0. The normalized spacial score (nSPS) is 18.1. The fourth-order valence-electron chi connectivity index (χ4n) is 3.95. The second-order valence-electron chi connectivity index (χ2n) is 8.12. The standard InChI is InChI=1S/C23H27N3O5S/c1-6-26-20-11-10-16(32(28,29)25(4)5)12-19(20)24-21(26)13-30-23(27)18-9-7-8-17-14(2)15(3)31-22(17)18/h7-12,14-15H,6,13H2,1-5H3/t14-,15-/m0/s1. The number of sulfonamides is 1. The minimum absolute atomic E-state index is 0.00382. The number of benzene rings is 2. The molecule has 0 saturated heterocycles. The smallest absolute Gasteiger partial charge is 0.342 e. The Morgan fingerprint density at radius 3 is 2.66 bits per heavy atom. The number of aryl methyl sites for hydroxylation is 1. The molecule has 2 aromatic carbocycles. The van der Waals surface area contributed by atoms with E-state index < -0.39 is 16.0 Å². The Balaban J connectivity index is 1.61. The zero-order valence-corrected chi connectivity index (χ0v) is 19.6. The number of esters is 1. The molecule has 8 nitrogen and oxygen atoms in total. The third kappa shape index (κ3) is 3.65. The van der Waals surface area contributed by atoms with E-state index in [4.69, 9.17) is 9.47 Å². The van der Waals surface area contributed by atoms with Crippen LogP contribution in [0.5, 0.6) is 5.75 Å². The number of aromatic nitrogens is 2. The fourth-order valence-corrected chi connectivity index (χ4v) is 4.87. The summed E-state index contributed by atoms with van der Waals surface area (Å²) in [4.78, 5) is 17.6. The van der Waals surface area contributed by atoms with Crippen LogP contribution >= 0.6 is 0 Å². The molecule has 0 saturated carbocycles. The fraction of sp³-hybridized carbons (Fsp3) is 0.391. The van der Waals surface area contributed by atoms with Crippen molar-refractivity contribution in [2.45, 2.75) is 50.8 Å². The summed E-state index contributed by atoms with van der Waals surface area (Å²) in [5.41, 5.74) is 2.72. The zero-order valence-electron chi connectivity index (χ0n) is 18.8. The van der Waals surface area contributed by atoms with Gasteiger partial charge >= 0.3 is 5.97 Å². The lowest BCUT2D eigenvalue weighted by Crippen LogP contribution is -2.22. The SMILES string of the molecule is CCn1c(COC(=O)c2cccc3c2O[C@@H](C)[C@@H]3C)nc2cc(S(=O)(=O)N(C)C)ccc21. The number of carbonyl (C=O) groups excluding carboxylic acids is 1. The Labute approximate surface area is 187 Å². The Morgan fingerprint density at radius 2 is 1.97 bits per heavy atom. The van der Waals surface area contributed by atoms with Crippen molar-refractivity contribution in [1.82, 2.24) is 13.9 Å². The number of para-hydroxylation sites is 1. The molecule has 4 rings (SSSR count). The lowest BCUT2D eigenvalue weighted by atomic mass is 9.97. The first-order chi connectivity index (χ1) is 15.1. The molecule has 0 spiro atoms. The molecule has 0 fully saturated rings. The van der Waals surface area contributed by atoms with Gasteiger partial charge in [-0.1, -0.05) is 19.1 Å². The molecule has 2 heterocycles. The number of rotatable bonds is 6. The van der Waals surface area contributed by atoms with Crippen molar-refractivity contribution in [3.05, 3.63) is 53.3 Å². The predicted molar refractivity (Wildman–Crippen MR) is 120 cm³/mol. The van der Waals surface area contributed by atoms with Crippen LogP contribution in [0.25, 0.3) is 11.0 Å². The highest BCUT2D eigenvalue weighted by atomic mass is 32.2. The lowest BCUT2D eigenvalue weighted by Gasteiger charge is -2.11. The van der Waals surface area contributed by atoms with Gasteiger partial charge in [-0.3, -0.25) is 0 Å². The van der Waals surface area contributed by atoms with E-state index in [9.17, 15) is 13.2 Å². The van der Waals surface area contributed by atoms with Gasteiger partial charge in [-0.2, -0.15) is 0 Å². The minimum atomic E-state index is -3.57. The summed E-state index contributed by atoms with van der Waals surface area (Å²) < 4.78 is 39.5. The Morgan fingerprint density at radius 1 is 1.22 bits per heavy atom. The number of nitrogens with zero attached hydrogens (tertiary/aromatic N) is 3. The van der Waals surface area contributed by atoms with Crippen LogP contribution in [0, 0.1) is 0 Å². The minimum Gasteiger partial charge on any atom is -0.489 e. The van der Waals surface area contributed by atoms with E-state index in [1.54, 1.807) is 24.3 Å². The van der Waals surface area contributed by atoms with Crippen molar-refractivity contribution in [2.24, 2.45) is 0 Å². The van der Waals surface area contributed by atoms with Crippen LogP contribution in [0.3, 0.4) is 0 Å². The van der Waals surface area contributed by atoms with E-state index in [2.05, 4.69) is 11.9 Å². The first-order valence-corrected chi connectivity index (χ1v) is 12.0. The van der Waals surface area contributed by atoms with Crippen LogP contribution in [0.4, 0.5) is 0 Å². The van der Waals surface area contributed by atoms with Gasteiger partial charge in [-0.15, -0.1) is 0 Å². The maximum Gasteiger partial charge on any atom is 0.342 e. The molecule has 9 heteroatoms. The van der Waals surface area contributed by atoms with Crippen molar-refractivity contribution in [3.63, 3.8) is 0 Å². The highest BCUT2D eigenvalue weighted by Crippen LogP contribution is 2.40. The lowest BCUT2D eigenvalue weighted by molar-refractivity contribution is 0.0453. The summed E-state index contributed by atoms with van der Waals surface area (Å²) in [6.07, 6.45) is -0.00382. The first-order valence-electron chi connectivity index (χ1n) is 10.5. The van der Waals surface area contributed by atoms with Gasteiger partial charge in [0.2, 0.25) is 10.0 Å². The van der Waals surface area contributed by atoms with Crippen molar-refractivity contribution >= 4 is 27.0 Å². The van der Waals surface area contributed by atoms with Gasteiger partial charge in [0.1, 0.15) is 29.8 Å². The van der Waals surface area contributed by atoms with Crippen molar-refractivity contribution in [1.29, 1.82) is 0 Å². The number of carbonyl (C=O) groups is 1. The van der Waals surface area contributed by atoms with Crippen molar-refractivity contribution < 1.29 is 22.7 Å². The Kier molecular flexibility index (Phi) is 5.72. The maximum atomic E-state index is 12.8. The summed E-state index contributed by atoms with van der Waals surface area (Å²) >= 11 is 0. The topological polar surface area (TPSA) is 90.7 Å². The van der Waals surface area contributed by atoms with Crippen LogP contribution in [0.2, 0.25) is 0 Å². The van der Waals surface area contributed by atoms with Gasteiger partial charge < -0.3 is 14.0 Å². The van der Waals surface area contributed by atoms with E-state index in [-0.39, 0.29) is 23.5 Å². The first kappa shape index (κ1) is 22.3. The van der Waals surface area contributed by atoms with E-state index in [0.29, 0.717) is 29.2 Å². The summed E-state index contributed by atoms with van der Waals surface area (Å²) in [7, 11) is -0.597. The summed E-state index contributed by atoms with van der Waals surface area (Å²) in [5.74, 6) is 0.855. The molecule has 0 N–H and O–H groups in total. The molecule has 0 radical (unpaired) electrons. The van der Waals surface area contributed by atoms with Crippen LogP contribution in [-0.2, 0) is 27.9 Å². The largest absolute Gasteiger partial charge is 0.489 e. The average molecular weight is 458 g/mol. The number of imidazole rings is 1. The average Bonchev–Trinajstić information content (AvgIpc) is 3.27. The molecule has 1 aliphatic rings. The van der Waals surface area contributed by atoms with E-state index >= 15 is 0 Å². The molecule has 0 unspecified atom stereocenters. The third-order valence-electron chi connectivity index (χ3n) is 5.99. The second kappa shape index (κ2) is 8.22. The number of ether oxygens (including phenoxy) is 2. The van der Waals surface area contributed by atoms with Crippen molar-refractivity contribution in [3.8, 4) is 5.75 Å². The van der Waals surface area contributed by atoms with Gasteiger partial charge in [0, 0.05) is 32.1 Å². The van der Waals surface area contributed by atoms with Crippen molar-refractivity contribution in [2.75, 3.05) is 14.1 Å². The Bertz CT molecular complexity index is 1300. The zero-order chi connectivity index (χ0) is 23.2. The van der Waals surface area contributed by atoms with Crippen LogP contribution < -0.4 is 4.74 Å². The summed E-state index contributed by atoms with van der Waals surface area (Å²) in [6, 6.07) is 10.3. The molecular weight excluding hydrogens is 430 g/mol. The van der Waals surface area contributed by atoms with E-state index in [0.717, 1.165) is 15.4 Å². The third-order valence-corrected chi connectivity index (χ3v) is 7.80. The summed E-state index contributed by atoms with van der Waals surface area (Å²) in [5, 5.41) is 0. The van der Waals surface area contributed by atoms with Crippen LogP contribution in [0.15, 0.2) is 41.3 Å². The van der Waals surface area contributed by atoms with Crippen LogP contribution in [0.1, 0.15) is 48.4 Å². The molecule has 1 aliphatic heterocycles. The Hall–Kier alpha value is -2.91. The molecule has 170 valence electrons. The van der Waals surface area contributed by atoms with Gasteiger partial charge in [0.15, 0.2) is 0 Å². The van der Waals surface area contributed by atoms with Gasteiger partial charge in [-0.05, 0) is 38.1 Å². The summed E-state index contributed by atoms with van der Waals surface area (Å²) in [6.45, 7) is 6.57. The molecule has 32 heavy (non-hydrogen) atoms.